The molecule has 1 atom stereocenters. The van der Waals surface area contributed by atoms with Gasteiger partial charge in [-0.3, -0.25) is 9.59 Å². The van der Waals surface area contributed by atoms with Crippen molar-refractivity contribution >= 4 is 29.1 Å². The number of ether oxygens (including phenoxy) is 1. The number of esters is 1. The highest BCUT2D eigenvalue weighted by molar-refractivity contribution is 7.80. The van der Waals surface area contributed by atoms with Crippen LogP contribution in [0.1, 0.15) is 19.8 Å². The number of carbonyl (C=O) groups excluding carboxylic acids is 2. The molecule has 0 fully saturated rings. The minimum absolute atomic E-state index is 0.0852. The summed E-state index contributed by atoms with van der Waals surface area (Å²) in [4.78, 5) is 24.3. The zero-order valence-electron chi connectivity index (χ0n) is 9.86. The summed E-state index contributed by atoms with van der Waals surface area (Å²) in [6.07, 6.45) is 1.40. The summed E-state index contributed by atoms with van der Waals surface area (Å²) in [5.41, 5.74) is 5.49. The van der Waals surface area contributed by atoms with Gasteiger partial charge in [0.2, 0.25) is 5.91 Å². The number of carbonyl (C=O) groups is 2. The van der Waals surface area contributed by atoms with E-state index in [1.165, 1.54) is 19.1 Å². The summed E-state index contributed by atoms with van der Waals surface area (Å²) in [6, 6.07) is 0. The number of nitrogens with zero attached hydrogens (tertiary/aromatic N) is 1. The van der Waals surface area contributed by atoms with Gasteiger partial charge in [-0.15, -0.1) is 0 Å². The van der Waals surface area contributed by atoms with Crippen LogP contribution in [0, 0.1) is 5.92 Å². The number of amides is 1. The van der Waals surface area contributed by atoms with E-state index in [4.69, 9.17) is 18.0 Å². The summed E-state index contributed by atoms with van der Waals surface area (Å²) < 4.78 is 4.47. The van der Waals surface area contributed by atoms with E-state index in [0.717, 1.165) is 6.42 Å². The average molecular weight is 246 g/mol. The van der Waals surface area contributed by atoms with Gasteiger partial charge < -0.3 is 15.4 Å². The Balaban J connectivity index is 4.48. The maximum absolute atomic E-state index is 11.9. The number of hydrogen-bond donors (Lipinski definition) is 1. The zero-order chi connectivity index (χ0) is 12.7. The fraction of sp³-hybridized carbons (Fsp3) is 0.700. The van der Waals surface area contributed by atoms with Gasteiger partial charge in [-0.2, -0.15) is 0 Å². The van der Waals surface area contributed by atoms with Crippen LogP contribution in [0.2, 0.25) is 0 Å². The summed E-state index contributed by atoms with van der Waals surface area (Å²) in [5.74, 6) is -1.19. The molecule has 6 heteroatoms. The molecule has 2 N–H and O–H groups in total. The Hall–Kier alpha value is -1.17. The molecule has 0 aromatic carbocycles. The van der Waals surface area contributed by atoms with Crippen molar-refractivity contribution in [3.63, 3.8) is 0 Å². The quantitative estimate of drug-likeness (QED) is 0.540. The molecule has 0 saturated heterocycles. The van der Waals surface area contributed by atoms with E-state index >= 15 is 0 Å². The first-order valence-electron chi connectivity index (χ1n) is 5.05. The first-order valence-corrected chi connectivity index (χ1v) is 5.45. The molecule has 0 heterocycles. The molecule has 0 saturated carbocycles. The van der Waals surface area contributed by atoms with E-state index in [1.807, 2.05) is 6.92 Å². The van der Waals surface area contributed by atoms with E-state index < -0.39 is 11.9 Å². The van der Waals surface area contributed by atoms with Crippen molar-refractivity contribution < 1.29 is 14.3 Å². The molecule has 0 aliphatic heterocycles. The highest BCUT2D eigenvalue weighted by atomic mass is 32.1. The van der Waals surface area contributed by atoms with Crippen molar-refractivity contribution in [2.24, 2.45) is 11.7 Å². The highest BCUT2D eigenvalue weighted by Gasteiger charge is 2.25. The number of likely N-dealkylation sites (N-methyl/N-ethyl adjacent to an activating group) is 1. The standard InChI is InChI=1S/C10H18N2O3S/c1-4-5-7(9(11)16)10(14)12(2)6-8(13)15-3/h7H,4-6H2,1-3H3,(H2,11,16). The lowest BCUT2D eigenvalue weighted by Crippen LogP contribution is -2.41. The topological polar surface area (TPSA) is 72.6 Å². The van der Waals surface area contributed by atoms with E-state index in [9.17, 15) is 9.59 Å². The highest BCUT2D eigenvalue weighted by Crippen LogP contribution is 2.10. The third kappa shape index (κ3) is 4.57. The average Bonchev–Trinajstić information content (AvgIpc) is 2.24. The second-order valence-corrected chi connectivity index (χ2v) is 3.99. The molecule has 1 amide bonds. The van der Waals surface area contributed by atoms with E-state index in [0.29, 0.717) is 6.42 Å². The molecule has 0 spiro atoms. The van der Waals surface area contributed by atoms with Gasteiger partial charge >= 0.3 is 5.97 Å². The molecule has 0 aliphatic carbocycles. The SMILES string of the molecule is CCCC(C(=O)N(C)CC(=O)OC)C(N)=S. The lowest BCUT2D eigenvalue weighted by Gasteiger charge is -2.21. The predicted octanol–water partition coefficient (Wildman–Crippen LogP) is 0.320. The molecule has 0 rings (SSSR count). The zero-order valence-corrected chi connectivity index (χ0v) is 10.7. The van der Waals surface area contributed by atoms with Crippen LogP contribution in [0.5, 0.6) is 0 Å². The van der Waals surface area contributed by atoms with Crippen LogP contribution in [0.4, 0.5) is 0 Å². The van der Waals surface area contributed by atoms with Crippen LogP contribution in [0.15, 0.2) is 0 Å². The number of thiocarbonyl (C=S) groups is 1. The summed E-state index contributed by atoms with van der Waals surface area (Å²) in [6.45, 7) is 1.86. The second kappa shape index (κ2) is 7.16. The number of rotatable bonds is 6. The summed E-state index contributed by atoms with van der Waals surface area (Å²) in [7, 11) is 2.80. The Bertz CT molecular complexity index is 281. The first kappa shape index (κ1) is 14.8. The van der Waals surface area contributed by atoms with E-state index in [2.05, 4.69) is 4.74 Å². The molecule has 0 aromatic rings. The van der Waals surface area contributed by atoms with Crippen molar-refractivity contribution in [1.82, 2.24) is 4.90 Å². The number of hydrogen-bond acceptors (Lipinski definition) is 4. The van der Waals surface area contributed by atoms with Crippen LogP contribution in [-0.2, 0) is 14.3 Å². The maximum Gasteiger partial charge on any atom is 0.325 e. The van der Waals surface area contributed by atoms with Gasteiger partial charge in [0, 0.05) is 7.05 Å². The molecular formula is C10H18N2O3S. The molecule has 16 heavy (non-hydrogen) atoms. The normalized spacial score (nSPS) is 11.7. The van der Waals surface area contributed by atoms with Crippen LogP contribution in [-0.4, -0.2) is 42.5 Å². The second-order valence-electron chi connectivity index (χ2n) is 3.51. The van der Waals surface area contributed by atoms with Gasteiger partial charge in [-0.25, -0.2) is 0 Å². The van der Waals surface area contributed by atoms with Gasteiger partial charge in [0.25, 0.3) is 0 Å². The summed E-state index contributed by atoms with van der Waals surface area (Å²) in [5, 5.41) is 0. The minimum atomic E-state index is -0.491. The van der Waals surface area contributed by atoms with Gasteiger partial charge in [-0.05, 0) is 6.42 Å². The van der Waals surface area contributed by atoms with Crippen LogP contribution < -0.4 is 5.73 Å². The van der Waals surface area contributed by atoms with Gasteiger partial charge in [-0.1, -0.05) is 25.6 Å². The molecule has 0 radical (unpaired) electrons. The van der Waals surface area contributed by atoms with Gasteiger partial charge in [0.15, 0.2) is 0 Å². The largest absolute Gasteiger partial charge is 0.468 e. The van der Waals surface area contributed by atoms with Crippen molar-refractivity contribution in [3.05, 3.63) is 0 Å². The molecular weight excluding hydrogens is 228 g/mol. The van der Waals surface area contributed by atoms with Crippen molar-refractivity contribution in [1.29, 1.82) is 0 Å². The third-order valence-electron chi connectivity index (χ3n) is 2.19. The Morgan fingerprint density at radius 2 is 2.06 bits per heavy atom. The molecule has 92 valence electrons. The van der Waals surface area contributed by atoms with Crippen molar-refractivity contribution in [2.45, 2.75) is 19.8 Å². The van der Waals surface area contributed by atoms with E-state index in [1.54, 1.807) is 0 Å². The monoisotopic (exact) mass is 246 g/mol. The van der Waals surface area contributed by atoms with Gasteiger partial charge in [0.1, 0.15) is 6.54 Å². The Morgan fingerprint density at radius 1 is 1.50 bits per heavy atom. The maximum atomic E-state index is 11.9. The predicted molar refractivity (Wildman–Crippen MR) is 64.8 cm³/mol. The Morgan fingerprint density at radius 3 is 2.44 bits per heavy atom. The lowest BCUT2D eigenvalue weighted by atomic mass is 10.0. The number of nitrogens with two attached hydrogens (primary N) is 1. The van der Waals surface area contributed by atoms with Gasteiger partial charge in [0.05, 0.1) is 18.0 Å². The fourth-order valence-electron chi connectivity index (χ4n) is 1.28. The summed E-state index contributed by atoms with van der Waals surface area (Å²) >= 11 is 4.83. The molecule has 0 bridgehead atoms. The minimum Gasteiger partial charge on any atom is -0.468 e. The van der Waals surface area contributed by atoms with Crippen molar-refractivity contribution in [3.8, 4) is 0 Å². The number of methoxy groups -OCH3 is 1. The molecule has 5 nitrogen and oxygen atoms in total. The molecule has 1 unspecified atom stereocenters. The molecule has 0 aliphatic rings. The Kier molecular flexibility index (Phi) is 6.64. The fourth-order valence-corrected chi connectivity index (χ4v) is 1.50. The third-order valence-corrected chi connectivity index (χ3v) is 2.47. The smallest absolute Gasteiger partial charge is 0.325 e. The Labute approximate surface area is 101 Å². The van der Waals surface area contributed by atoms with Crippen LogP contribution >= 0.6 is 12.2 Å². The molecule has 0 aromatic heterocycles. The lowest BCUT2D eigenvalue weighted by molar-refractivity contribution is -0.146. The van der Waals surface area contributed by atoms with Crippen LogP contribution in [0.3, 0.4) is 0 Å². The van der Waals surface area contributed by atoms with Crippen molar-refractivity contribution in [2.75, 3.05) is 20.7 Å². The van der Waals surface area contributed by atoms with E-state index in [-0.39, 0.29) is 17.4 Å². The first-order chi connectivity index (χ1) is 7.43. The van der Waals surface area contributed by atoms with Crippen LogP contribution in [0.25, 0.3) is 0 Å².